The summed E-state index contributed by atoms with van der Waals surface area (Å²) in [5.41, 5.74) is 0.745. The van der Waals surface area contributed by atoms with Crippen LogP contribution in [-0.2, 0) is 4.74 Å². The van der Waals surface area contributed by atoms with Gasteiger partial charge in [0.25, 0.3) is 0 Å². The number of ether oxygens (including phenoxy) is 1. The van der Waals surface area contributed by atoms with Crippen molar-refractivity contribution in [2.45, 2.75) is 76.4 Å². The zero-order valence-electron chi connectivity index (χ0n) is 11.1. The minimum Gasteiger partial charge on any atom is -0.385 e. The molecular weight excluding hydrogens is 212 g/mol. The van der Waals surface area contributed by atoms with Gasteiger partial charge in [-0.15, -0.1) is 0 Å². The molecule has 0 radical (unpaired) electrons. The van der Waals surface area contributed by atoms with Crippen molar-refractivity contribution < 1.29 is 9.84 Å². The van der Waals surface area contributed by atoms with Gasteiger partial charge >= 0.3 is 0 Å². The second kappa shape index (κ2) is 6.01. The number of hydrogen-bond acceptors (Lipinski definition) is 2. The molecule has 1 aliphatic heterocycles. The molecule has 98 valence electrons. The summed E-state index contributed by atoms with van der Waals surface area (Å²) < 4.78 is 5.68. The fraction of sp³-hybridized carbons (Fsp3) is 0.867. The monoisotopic (exact) mass is 238 g/mol. The fourth-order valence-corrected chi connectivity index (χ4v) is 3.10. The van der Waals surface area contributed by atoms with Crippen LogP contribution in [0.4, 0.5) is 0 Å². The lowest BCUT2D eigenvalue weighted by Gasteiger charge is -2.39. The third-order valence-corrected chi connectivity index (χ3v) is 4.28. The summed E-state index contributed by atoms with van der Waals surface area (Å²) >= 11 is 0. The predicted molar refractivity (Wildman–Crippen MR) is 70.0 cm³/mol. The minimum atomic E-state index is -0.559. The third-order valence-electron chi connectivity index (χ3n) is 4.28. The van der Waals surface area contributed by atoms with E-state index in [2.05, 4.69) is 13.0 Å². The molecule has 1 aliphatic carbocycles. The van der Waals surface area contributed by atoms with Crippen LogP contribution in [0.15, 0.2) is 11.6 Å². The van der Waals surface area contributed by atoms with Crippen LogP contribution in [0.2, 0.25) is 0 Å². The highest BCUT2D eigenvalue weighted by atomic mass is 16.5. The van der Waals surface area contributed by atoms with Gasteiger partial charge in [0.15, 0.2) is 0 Å². The van der Waals surface area contributed by atoms with E-state index in [1.165, 1.54) is 31.3 Å². The van der Waals surface area contributed by atoms with Crippen molar-refractivity contribution in [3.8, 4) is 0 Å². The molecule has 2 rings (SSSR count). The summed E-state index contributed by atoms with van der Waals surface area (Å²) in [4.78, 5) is 0. The van der Waals surface area contributed by atoms with E-state index in [0.29, 0.717) is 6.61 Å². The molecule has 0 aromatic carbocycles. The Labute approximate surface area is 105 Å². The molecule has 1 fully saturated rings. The second-order valence-corrected chi connectivity index (χ2v) is 5.57. The molecule has 0 spiro atoms. The summed E-state index contributed by atoms with van der Waals surface area (Å²) in [6, 6.07) is 0. The predicted octanol–water partition coefficient (Wildman–Crippen LogP) is 3.59. The molecule has 0 saturated carbocycles. The van der Waals surface area contributed by atoms with Crippen molar-refractivity contribution in [3.05, 3.63) is 11.6 Å². The summed E-state index contributed by atoms with van der Waals surface area (Å²) in [6.07, 6.45) is 12.6. The maximum atomic E-state index is 10.9. The largest absolute Gasteiger partial charge is 0.385 e. The van der Waals surface area contributed by atoms with Crippen molar-refractivity contribution in [1.29, 1.82) is 0 Å². The average Bonchev–Trinajstić information content (AvgIpc) is 2.28. The number of aliphatic hydroxyl groups is 1. The van der Waals surface area contributed by atoms with E-state index in [1.807, 2.05) is 0 Å². The highest BCUT2D eigenvalue weighted by Crippen LogP contribution is 2.36. The van der Waals surface area contributed by atoms with Gasteiger partial charge in [0.05, 0.1) is 18.3 Å². The molecule has 0 bridgehead atoms. The first-order chi connectivity index (χ1) is 8.24. The van der Waals surface area contributed by atoms with Crippen LogP contribution in [0.25, 0.3) is 0 Å². The Bertz CT molecular complexity index is 272. The minimum absolute atomic E-state index is 0.250. The van der Waals surface area contributed by atoms with E-state index in [9.17, 15) is 5.11 Å². The van der Waals surface area contributed by atoms with Gasteiger partial charge in [-0.25, -0.2) is 0 Å². The lowest BCUT2D eigenvalue weighted by molar-refractivity contribution is -0.0864. The van der Waals surface area contributed by atoms with Gasteiger partial charge in [-0.2, -0.15) is 0 Å². The molecule has 1 saturated heterocycles. The Morgan fingerprint density at radius 1 is 1.35 bits per heavy atom. The van der Waals surface area contributed by atoms with Crippen molar-refractivity contribution in [1.82, 2.24) is 0 Å². The molecule has 2 atom stereocenters. The summed E-state index contributed by atoms with van der Waals surface area (Å²) in [6.45, 7) is 2.86. The highest BCUT2D eigenvalue weighted by molar-refractivity contribution is 5.18. The molecule has 1 heterocycles. The summed E-state index contributed by atoms with van der Waals surface area (Å²) in [5.74, 6) is 0. The molecule has 2 heteroatoms. The molecule has 2 nitrogen and oxygen atoms in total. The van der Waals surface area contributed by atoms with Crippen LogP contribution in [0.5, 0.6) is 0 Å². The number of hydrogen-bond donors (Lipinski definition) is 1. The summed E-state index contributed by atoms with van der Waals surface area (Å²) in [5, 5.41) is 10.9. The molecular formula is C15H26O2. The maximum absolute atomic E-state index is 10.9. The summed E-state index contributed by atoms with van der Waals surface area (Å²) in [7, 11) is 0. The number of allylic oxidation sites excluding steroid dienone is 1. The first kappa shape index (κ1) is 13.1. The van der Waals surface area contributed by atoms with Gasteiger partial charge in [-0.3, -0.25) is 0 Å². The SMILES string of the molecule is CCC1CC(O)(C2=CCCCCCC2)CCO1. The van der Waals surface area contributed by atoms with Gasteiger partial charge < -0.3 is 9.84 Å². The lowest BCUT2D eigenvalue weighted by Crippen LogP contribution is -2.42. The second-order valence-electron chi connectivity index (χ2n) is 5.57. The Balaban J connectivity index is 2.06. The Kier molecular flexibility index (Phi) is 4.63. The van der Waals surface area contributed by atoms with Crippen LogP contribution in [0.1, 0.15) is 64.7 Å². The number of rotatable bonds is 2. The topological polar surface area (TPSA) is 29.5 Å². The third kappa shape index (κ3) is 3.32. The van der Waals surface area contributed by atoms with E-state index in [4.69, 9.17) is 4.74 Å². The van der Waals surface area contributed by atoms with Crippen LogP contribution in [0.3, 0.4) is 0 Å². The molecule has 0 aromatic rings. The van der Waals surface area contributed by atoms with Crippen LogP contribution < -0.4 is 0 Å². The standard InChI is InChI=1S/C15H26O2/c1-2-14-12-15(16,10-11-17-14)13-8-6-4-3-5-7-9-13/h8,14,16H,2-7,9-12H2,1H3. The van der Waals surface area contributed by atoms with Gasteiger partial charge in [0.2, 0.25) is 0 Å². The molecule has 2 aliphatic rings. The van der Waals surface area contributed by atoms with Crippen LogP contribution >= 0.6 is 0 Å². The van der Waals surface area contributed by atoms with Gasteiger partial charge in [0, 0.05) is 12.8 Å². The van der Waals surface area contributed by atoms with E-state index in [-0.39, 0.29) is 6.10 Å². The van der Waals surface area contributed by atoms with E-state index in [1.54, 1.807) is 0 Å². The average molecular weight is 238 g/mol. The Morgan fingerprint density at radius 3 is 3.00 bits per heavy atom. The van der Waals surface area contributed by atoms with Crippen molar-refractivity contribution in [2.75, 3.05) is 6.61 Å². The van der Waals surface area contributed by atoms with Gasteiger partial charge in [-0.1, -0.05) is 25.8 Å². The normalized spacial score (nSPS) is 35.9. The quantitative estimate of drug-likeness (QED) is 0.745. The smallest absolute Gasteiger partial charge is 0.0903 e. The van der Waals surface area contributed by atoms with E-state index >= 15 is 0 Å². The maximum Gasteiger partial charge on any atom is 0.0903 e. The molecule has 17 heavy (non-hydrogen) atoms. The Morgan fingerprint density at radius 2 is 2.18 bits per heavy atom. The van der Waals surface area contributed by atoms with Crippen molar-refractivity contribution in [2.24, 2.45) is 0 Å². The zero-order chi connectivity index (χ0) is 12.1. The van der Waals surface area contributed by atoms with Crippen LogP contribution in [-0.4, -0.2) is 23.4 Å². The zero-order valence-corrected chi connectivity index (χ0v) is 11.1. The lowest BCUT2D eigenvalue weighted by atomic mass is 9.79. The molecule has 0 amide bonds. The highest BCUT2D eigenvalue weighted by Gasteiger charge is 2.37. The first-order valence-corrected chi connectivity index (χ1v) is 7.28. The van der Waals surface area contributed by atoms with E-state index < -0.39 is 5.60 Å². The Hall–Kier alpha value is -0.340. The van der Waals surface area contributed by atoms with Crippen molar-refractivity contribution >= 4 is 0 Å². The van der Waals surface area contributed by atoms with Gasteiger partial charge in [-0.05, 0) is 37.7 Å². The fourth-order valence-electron chi connectivity index (χ4n) is 3.10. The molecule has 1 N–H and O–H groups in total. The molecule has 0 aromatic heterocycles. The first-order valence-electron chi connectivity index (χ1n) is 7.28. The van der Waals surface area contributed by atoms with Gasteiger partial charge in [0.1, 0.15) is 0 Å². The van der Waals surface area contributed by atoms with Crippen LogP contribution in [0, 0.1) is 0 Å². The van der Waals surface area contributed by atoms with E-state index in [0.717, 1.165) is 32.1 Å². The van der Waals surface area contributed by atoms with Crippen molar-refractivity contribution in [3.63, 3.8) is 0 Å². The molecule has 2 unspecified atom stereocenters.